The van der Waals surface area contributed by atoms with Crippen molar-refractivity contribution in [1.29, 1.82) is 0 Å². The number of rotatable bonds is 6. The minimum atomic E-state index is -1.17. The zero-order valence-electron chi connectivity index (χ0n) is 17.7. The fourth-order valence-electron chi connectivity index (χ4n) is 3.76. The summed E-state index contributed by atoms with van der Waals surface area (Å²) in [4.78, 5) is 28.1. The third kappa shape index (κ3) is 7.01. The van der Waals surface area contributed by atoms with E-state index in [0.29, 0.717) is 13.2 Å². The maximum Gasteiger partial charge on any atom is 0.409 e. The molecule has 0 aliphatic carbocycles. The van der Waals surface area contributed by atoms with Crippen LogP contribution in [0.1, 0.15) is 45.4 Å². The van der Waals surface area contributed by atoms with E-state index in [0.717, 1.165) is 70.7 Å². The monoisotopic (exact) mass is 398 g/mol. The van der Waals surface area contributed by atoms with Crippen molar-refractivity contribution in [2.24, 2.45) is 5.41 Å². The highest BCUT2D eigenvalue weighted by Crippen LogP contribution is 2.41. The standard InChI is InChI=1S/C20H38N2O4Si/c1-5-6-15-25-18(23)21-11-7-20(8-12-21)9-13-22(14-10-20)19(24)26-16-17-27(2,3)4/h5-17H2,1-4H3. The number of likely N-dealkylation sites (tertiary alicyclic amines) is 2. The molecular weight excluding hydrogens is 360 g/mol. The average molecular weight is 399 g/mol. The lowest BCUT2D eigenvalue weighted by atomic mass is 9.71. The van der Waals surface area contributed by atoms with E-state index in [9.17, 15) is 9.59 Å². The second-order valence-corrected chi connectivity index (χ2v) is 15.0. The molecule has 2 rings (SSSR count). The zero-order chi connectivity index (χ0) is 19.9. The second kappa shape index (κ2) is 9.80. The van der Waals surface area contributed by atoms with Gasteiger partial charge in [0, 0.05) is 34.3 Å². The minimum Gasteiger partial charge on any atom is -0.450 e. The summed E-state index contributed by atoms with van der Waals surface area (Å²) in [6.07, 6.45) is 5.68. The predicted molar refractivity (Wildman–Crippen MR) is 110 cm³/mol. The van der Waals surface area contributed by atoms with Crippen LogP contribution in [0.2, 0.25) is 25.7 Å². The van der Waals surface area contributed by atoms with Crippen molar-refractivity contribution < 1.29 is 19.1 Å². The van der Waals surface area contributed by atoms with E-state index in [1.807, 2.05) is 9.80 Å². The molecule has 7 heteroatoms. The first-order valence-corrected chi connectivity index (χ1v) is 14.3. The molecule has 0 aromatic heterocycles. The number of hydrogen-bond acceptors (Lipinski definition) is 4. The average Bonchev–Trinajstić information content (AvgIpc) is 2.62. The first-order chi connectivity index (χ1) is 12.7. The molecule has 2 amide bonds. The molecule has 2 fully saturated rings. The molecule has 0 N–H and O–H groups in total. The largest absolute Gasteiger partial charge is 0.450 e. The number of ether oxygens (including phenoxy) is 2. The zero-order valence-corrected chi connectivity index (χ0v) is 18.7. The lowest BCUT2D eigenvalue weighted by molar-refractivity contribution is 0.0241. The number of hydrogen-bond donors (Lipinski definition) is 0. The third-order valence-corrected chi connectivity index (χ3v) is 7.67. The Bertz CT molecular complexity index is 489. The molecule has 0 unspecified atom stereocenters. The van der Waals surface area contributed by atoms with Crippen LogP contribution in [0.3, 0.4) is 0 Å². The van der Waals surface area contributed by atoms with Crippen LogP contribution < -0.4 is 0 Å². The van der Waals surface area contributed by atoms with Gasteiger partial charge in [-0.25, -0.2) is 9.59 Å². The van der Waals surface area contributed by atoms with Gasteiger partial charge in [-0.1, -0.05) is 33.0 Å². The second-order valence-electron chi connectivity index (χ2n) is 9.37. The Morgan fingerprint density at radius 2 is 1.30 bits per heavy atom. The van der Waals surface area contributed by atoms with Crippen molar-refractivity contribution >= 4 is 20.3 Å². The molecule has 1 spiro atoms. The molecular formula is C20H38N2O4Si. The van der Waals surface area contributed by atoms with Gasteiger partial charge in [0.25, 0.3) is 0 Å². The Morgan fingerprint density at radius 1 is 0.852 bits per heavy atom. The van der Waals surface area contributed by atoms with Gasteiger partial charge < -0.3 is 19.3 Å². The molecule has 0 saturated carbocycles. The van der Waals surface area contributed by atoms with E-state index < -0.39 is 8.07 Å². The van der Waals surface area contributed by atoms with Crippen LogP contribution in [0.25, 0.3) is 0 Å². The van der Waals surface area contributed by atoms with Gasteiger partial charge in [-0.15, -0.1) is 0 Å². The van der Waals surface area contributed by atoms with Crippen LogP contribution in [0.5, 0.6) is 0 Å². The van der Waals surface area contributed by atoms with E-state index >= 15 is 0 Å². The first kappa shape index (κ1) is 22.1. The maximum absolute atomic E-state index is 12.3. The van der Waals surface area contributed by atoms with E-state index in [4.69, 9.17) is 9.47 Å². The predicted octanol–water partition coefficient (Wildman–Crippen LogP) is 4.58. The van der Waals surface area contributed by atoms with E-state index in [1.165, 1.54) is 0 Å². The van der Waals surface area contributed by atoms with Gasteiger partial charge >= 0.3 is 12.2 Å². The number of carbonyl (C=O) groups is 2. The van der Waals surface area contributed by atoms with Crippen LogP contribution in [-0.2, 0) is 9.47 Å². The molecule has 0 bridgehead atoms. The van der Waals surface area contributed by atoms with Crippen LogP contribution >= 0.6 is 0 Å². The van der Waals surface area contributed by atoms with Gasteiger partial charge in [-0.05, 0) is 43.6 Å². The highest BCUT2D eigenvalue weighted by Gasteiger charge is 2.40. The van der Waals surface area contributed by atoms with Crippen molar-refractivity contribution in [2.75, 3.05) is 39.4 Å². The van der Waals surface area contributed by atoms with Gasteiger partial charge in [0.05, 0.1) is 13.2 Å². The molecule has 6 nitrogen and oxygen atoms in total. The fourth-order valence-corrected chi connectivity index (χ4v) is 4.47. The maximum atomic E-state index is 12.3. The molecule has 2 saturated heterocycles. The van der Waals surface area contributed by atoms with Crippen LogP contribution in [0.4, 0.5) is 9.59 Å². The topological polar surface area (TPSA) is 59.1 Å². The molecule has 0 aromatic carbocycles. The van der Waals surface area contributed by atoms with Gasteiger partial charge in [0.2, 0.25) is 0 Å². The fraction of sp³-hybridized carbons (Fsp3) is 0.900. The summed E-state index contributed by atoms with van der Waals surface area (Å²) < 4.78 is 10.8. The Balaban J connectivity index is 1.69. The van der Waals surface area contributed by atoms with Crippen molar-refractivity contribution in [3.05, 3.63) is 0 Å². The molecule has 2 heterocycles. The smallest absolute Gasteiger partial charge is 0.409 e. The van der Waals surface area contributed by atoms with Gasteiger partial charge in [0.15, 0.2) is 0 Å². The van der Waals surface area contributed by atoms with Gasteiger partial charge in [-0.2, -0.15) is 0 Å². The summed E-state index contributed by atoms with van der Waals surface area (Å²) in [6.45, 7) is 13.1. The van der Waals surface area contributed by atoms with Crippen LogP contribution in [-0.4, -0.2) is 69.5 Å². The van der Waals surface area contributed by atoms with Crippen molar-refractivity contribution in [3.8, 4) is 0 Å². The summed E-state index contributed by atoms with van der Waals surface area (Å²) in [5, 5.41) is 0. The van der Waals surface area contributed by atoms with Crippen molar-refractivity contribution in [3.63, 3.8) is 0 Å². The minimum absolute atomic E-state index is 0.153. The molecule has 2 aliphatic rings. The number of amides is 2. The summed E-state index contributed by atoms with van der Waals surface area (Å²) in [6, 6.07) is 1.01. The van der Waals surface area contributed by atoms with Crippen molar-refractivity contribution in [1.82, 2.24) is 9.80 Å². The number of piperidine rings is 2. The summed E-state index contributed by atoms with van der Waals surface area (Å²) in [5.74, 6) is 0. The Kier molecular flexibility index (Phi) is 8.00. The summed E-state index contributed by atoms with van der Waals surface area (Å²) in [5.41, 5.74) is 0.273. The summed E-state index contributed by atoms with van der Waals surface area (Å²) >= 11 is 0. The lowest BCUT2D eigenvalue weighted by Gasteiger charge is -2.46. The van der Waals surface area contributed by atoms with Gasteiger partial charge in [-0.3, -0.25) is 0 Å². The Hall–Kier alpha value is -1.24. The van der Waals surface area contributed by atoms with E-state index in [2.05, 4.69) is 26.6 Å². The lowest BCUT2D eigenvalue weighted by Crippen LogP contribution is -2.49. The van der Waals surface area contributed by atoms with Gasteiger partial charge in [0.1, 0.15) is 0 Å². The Labute approximate surface area is 165 Å². The van der Waals surface area contributed by atoms with E-state index in [-0.39, 0.29) is 17.6 Å². The normalized spacial score (nSPS) is 19.9. The van der Waals surface area contributed by atoms with E-state index in [1.54, 1.807) is 0 Å². The molecule has 156 valence electrons. The first-order valence-electron chi connectivity index (χ1n) is 10.6. The molecule has 27 heavy (non-hydrogen) atoms. The van der Waals surface area contributed by atoms with Crippen LogP contribution in [0, 0.1) is 5.41 Å². The molecule has 2 aliphatic heterocycles. The Morgan fingerprint density at radius 3 is 1.70 bits per heavy atom. The highest BCUT2D eigenvalue weighted by atomic mass is 28.3. The van der Waals surface area contributed by atoms with Crippen molar-refractivity contribution in [2.45, 2.75) is 71.1 Å². The number of nitrogens with zero attached hydrogens (tertiary/aromatic N) is 2. The molecule has 0 atom stereocenters. The number of unbranched alkanes of at least 4 members (excludes halogenated alkanes) is 1. The quantitative estimate of drug-likeness (QED) is 0.485. The third-order valence-electron chi connectivity index (χ3n) is 5.97. The number of carbonyl (C=O) groups excluding carboxylic acids is 2. The summed E-state index contributed by atoms with van der Waals surface area (Å²) in [7, 11) is -1.17. The van der Waals surface area contributed by atoms with Crippen LogP contribution in [0.15, 0.2) is 0 Å². The molecule has 0 aromatic rings. The SMILES string of the molecule is CCCCOC(=O)N1CCC2(CC1)CCN(C(=O)OCC[Si](C)(C)C)CC2. The molecule has 0 radical (unpaired) electrons. The highest BCUT2D eigenvalue weighted by molar-refractivity contribution is 6.76.